The van der Waals surface area contributed by atoms with Gasteiger partial charge >= 0.3 is 0 Å². The van der Waals surface area contributed by atoms with Gasteiger partial charge in [0.2, 0.25) is 0 Å². The number of aliphatic imine (C=N–C) groups is 1. The molecule has 0 amide bonds. The van der Waals surface area contributed by atoms with E-state index in [-0.39, 0.29) is 24.3 Å². The van der Waals surface area contributed by atoms with Crippen LogP contribution in [-0.4, -0.2) is 41.9 Å². The van der Waals surface area contributed by atoms with Crippen LogP contribution in [0.5, 0.6) is 0 Å². The van der Waals surface area contributed by atoms with Crippen molar-refractivity contribution < 1.29 is 9.94 Å². The average molecular weight is 267 g/mol. The highest BCUT2D eigenvalue weighted by atomic mass is 16.5. The summed E-state index contributed by atoms with van der Waals surface area (Å²) in [5.74, 6) is 0. The Balaban J connectivity index is 2.92. The molecule has 0 heterocycles. The number of hydrogen-bond acceptors (Lipinski definition) is 5. The summed E-state index contributed by atoms with van der Waals surface area (Å²) in [4.78, 5) is 4.44. The Bertz CT molecular complexity index is 349. The fraction of sp³-hybridized carbons (Fsp3) is 0.714. The van der Waals surface area contributed by atoms with Gasteiger partial charge in [-0.1, -0.05) is 19.0 Å². The van der Waals surface area contributed by atoms with Crippen LogP contribution in [0.1, 0.15) is 40.0 Å². The standard InChI is InChI=1S/C14H25N3O2/c1-4-11(5-2)19-13-8-10(9-17-18)7-12(15)14(13)16-6-3/h6,8-9,11-14,18H,4-5,7,15H2,1-3H3/b16-6+,17-9+/t12-,13+,14+/m0/s1. The van der Waals surface area contributed by atoms with E-state index in [0.717, 1.165) is 18.4 Å². The summed E-state index contributed by atoms with van der Waals surface area (Å²) in [6, 6.07) is -0.185. The predicted molar refractivity (Wildman–Crippen MR) is 78.2 cm³/mol. The summed E-state index contributed by atoms with van der Waals surface area (Å²) in [5.41, 5.74) is 7.05. The van der Waals surface area contributed by atoms with E-state index in [2.05, 4.69) is 24.0 Å². The lowest BCUT2D eigenvalue weighted by Gasteiger charge is -2.33. The molecular weight excluding hydrogens is 242 g/mol. The van der Waals surface area contributed by atoms with Crippen molar-refractivity contribution in [3.63, 3.8) is 0 Å². The van der Waals surface area contributed by atoms with Crippen molar-refractivity contribution in [3.05, 3.63) is 11.6 Å². The lowest BCUT2D eigenvalue weighted by Crippen LogP contribution is -2.46. The van der Waals surface area contributed by atoms with Gasteiger partial charge in [0.1, 0.15) is 6.10 Å². The highest BCUT2D eigenvalue weighted by Gasteiger charge is 2.32. The maximum Gasteiger partial charge on any atom is 0.100 e. The van der Waals surface area contributed by atoms with Gasteiger partial charge < -0.3 is 15.7 Å². The van der Waals surface area contributed by atoms with Crippen LogP contribution in [0.15, 0.2) is 21.8 Å². The Labute approximate surface area is 115 Å². The molecule has 3 N–H and O–H groups in total. The Hall–Kier alpha value is -1.20. The highest BCUT2D eigenvalue weighted by molar-refractivity contribution is 5.78. The fourth-order valence-corrected chi connectivity index (χ4v) is 2.37. The molecule has 1 aliphatic carbocycles. The normalized spacial score (nSPS) is 28.5. The van der Waals surface area contributed by atoms with Crippen molar-refractivity contribution in [2.75, 3.05) is 0 Å². The maximum absolute atomic E-state index is 8.65. The minimum absolute atomic E-state index is 0.0681. The molecule has 5 heteroatoms. The van der Waals surface area contributed by atoms with Gasteiger partial charge in [0.15, 0.2) is 0 Å². The van der Waals surface area contributed by atoms with Crippen molar-refractivity contribution in [3.8, 4) is 0 Å². The molecular formula is C14H25N3O2. The zero-order valence-electron chi connectivity index (χ0n) is 12.0. The second-order valence-corrected chi connectivity index (χ2v) is 4.79. The third-order valence-electron chi connectivity index (χ3n) is 3.43. The average Bonchev–Trinajstić information content (AvgIpc) is 2.40. The van der Waals surface area contributed by atoms with Gasteiger partial charge in [-0.25, -0.2) is 0 Å². The van der Waals surface area contributed by atoms with Crippen molar-refractivity contribution in [2.24, 2.45) is 15.9 Å². The molecule has 5 nitrogen and oxygen atoms in total. The van der Waals surface area contributed by atoms with Crippen molar-refractivity contribution in [1.82, 2.24) is 0 Å². The minimum atomic E-state index is -0.155. The third-order valence-corrected chi connectivity index (χ3v) is 3.43. The van der Waals surface area contributed by atoms with Crippen LogP contribution in [0.4, 0.5) is 0 Å². The van der Waals surface area contributed by atoms with Gasteiger partial charge in [-0.15, -0.1) is 0 Å². The maximum atomic E-state index is 8.65. The molecule has 0 fully saturated rings. The van der Waals surface area contributed by atoms with Gasteiger partial charge in [0.05, 0.1) is 18.4 Å². The predicted octanol–water partition coefficient (Wildman–Crippen LogP) is 2.14. The second kappa shape index (κ2) is 8.07. The molecule has 0 bridgehead atoms. The lowest BCUT2D eigenvalue weighted by molar-refractivity contribution is -0.00887. The van der Waals surface area contributed by atoms with E-state index in [4.69, 9.17) is 15.7 Å². The first-order valence-electron chi connectivity index (χ1n) is 6.93. The van der Waals surface area contributed by atoms with E-state index in [0.29, 0.717) is 6.42 Å². The Morgan fingerprint density at radius 3 is 2.74 bits per heavy atom. The zero-order valence-corrected chi connectivity index (χ0v) is 12.0. The molecule has 0 aromatic rings. The van der Waals surface area contributed by atoms with Crippen LogP contribution in [0.2, 0.25) is 0 Å². The van der Waals surface area contributed by atoms with Crippen LogP contribution in [0.25, 0.3) is 0 Å². The first kappa shape index (κ1) is 15.9. The third kappa shape index (κ3) is 4.44. The Morgan fingerprint density at radius 1 is 1.53 bits per heavy atom. The number of rotatable bonds is 6. The quantitative estimate of drug-likeness (QED) is 0.439. The molecule has 0 radical (unpaired) electrons. The van der Waals surface area contributed by atoms with Crippen LogP contribution in [0, 0.1) is 0 Å². The number of oxime groups is 1. The molecule has 1 rings (SSSR count). The molecule has 0 spiro atoms. The fourth-order valence-electron chi connectivity index (χ4n) is 2.37. The number of ether oxygens (including phenoxy) is 1. The van der Waals surface area contributed by atoms with Crippen LogP contribution in [-0.2, 0) is 4.74 Å². The van der Waals surface area contributed by atoms with E-state index in [9.17, 15) is 0 Å². The minimum Gasteiger partial charge on any atom is -0.411 e. The molecule has 108 valence electrons. The molecule has 0 aliphatic heterocycles. The monoisotopic (exact) mass is 267 g/mol. The number of nitrogens with zero attached hydrogens (tertiary/aromatic N) is 2. The largest absolute Gasteiger partial charge is 0.411 e. The number of hydrogen-bond donors (Lipinski definition) is 2. The van der Waals surface area contributed by atoms with Gasteiger partial charge in [0, 0.05) is 6.04 Å². The summed E-state index contributed by atoms with van der Waals surface area (Å²) >= 11 is 0. The highest BCUT2D eigenvalue weighted by Crippen LogP contribution is 2.24. The second-order valence-electron chi connectivity index (χ2n) is 4.79. The molecule has 19 heavy (non-hydrogen) atoms. The summed E-state index contributed by atoms with van der Waals surface area (Å²) < 4.78 is 6.09. The molecule has 0 saturated carbocycles. The first-order valence-corrected chi connectivity index (χ1v) is 6.93. The van der Waals surface area contributed by atoms with Crippen molar-refractivity contribution in [1.29, 1.82) is 0 Å². The molecule has 0 aromatic heterocycles. The summed E-state index contributed by atoms with van der Waals surface area (Å²) in [5, 5.41) is 11.7. The van der Waals surface area contributed by atoms with E-state index < -0.39 is 0 Å². The van der Waals surface area contributed by atoms with Crippen LogP contribution < -0.4 is 5.73 Å². The summed E-state index contributed by atoms with van der Waals surface area (Å²) in [6.07, 6.45) is 7.78. The van der Waals surface area contributed by atoms with Gasteiger partial charge in [-0.3, -0.25) is 4.99 Å². The Morgan fingerprint density at radius 2 is 2.21 bits per heavy atom. The molecule has 0 unspecified atom stereocenters. The first-order chi connectivity index (χ1) is 9.15. The van der Waals surface area contributed by atoms with Crippen molar-refractivity contribution >= 4 is 12.4 Å². The topological polar surface area (TPSA) is 80.2 Å². The summed E-state index contributed by atoms with van der Waals surface area (Å²) in [6.45, 7) is 6.10. The smallest absolute Gasteiger partial charge is 0.100 e. The summed E-state index contributed by atoms with van der Waals surface area (Å²) in [7, 11) is 0. The lowest BCUT2D eigenvalue weighted by atomic mass is 9.89. The molecule has 1 aliphatic rings. The van der Waals surface area contributed by atoms with Crippen molar-refractivity contribution in [2.45, 2.75) is 64.3 Å². The molecule has 0 aromatic carbocycles. The number of nitrogens with two attached hydrogens (primary N) is 1. The van der Waals surface area contributed by atoms with Gasteiger partial charge in [-0.05, 0) is 44.0 Å². The SMILES string of the molecule is C/C=N/[C@@H]1[C@@H](N)CC(/C=N/O)=C[C@H]1OC(CC)CC. The van der Waals surface area contributed by atoms with Gasteiger partial charge in [0.25, 0.3) is 0 Å². The zero-order chi connectivity index (χ0) is 14.3. The van der Waals surface area contributed by atoms with E-state index >= 15 is 0 Å². The van der Waals surface area contributed by atoms with Crippen LogP contribution >= 0.6 is 0 Å². The molecule has 3 atom stereocenters. The van der Waals surface area contributed by atoms with Crippen LogP contribution in [0.3, 0.4) is 0 Å². The Kier molecular flexibility index (Phi) is 6.73. The van der Waals surface area contributed by atoms with E-state index in [1.165, 1.54) is 6.21 Å². The van der Waals surface area contributed by atoms with Gasteiger partial charge in [-0.2, -0.15) is 0 Å². The van der Waals surface area contributed by atoms with E-state index in [1.54, 1.807) is 6.21 Å². The molecule has 0 saturated heterocycles. The van der Waals surface area contributed by atoms with E-state index in [1.807, 2.05) is 13.0 Å².